The molecule has 1 aromatic rings. The predicted octanol–water partition coefficient (Wildman–Crippen LogP) is -0.363. The van der Waals surface area contributed by atoms with Crippen molar-refractivity contribution >= 4 is 40.8 Å². The maximum atomic E-state index is 11.7. The van der Waals surface area contributed by atoms with Crippen LogP contribution < -0.4 is 27.7 Å². The van der Waals surface area contributed by atoms with Crippen LogP contribution >= 0.6 is 23.8 Å². The van der Waals surface area contributed by atoms with E-state index in [1.807, 2.05) is 0 Å². The lowest BCUT2D eigenvalue weighted by Gasteiger charge is -2.10. The van der Waals surface area contributed by atoms with Crippen molar-refractivity contribution in [2.75, 3.05) is 0 Å². The standard InChI is InChI=1S/C9H11ClN6OS/c10-6-3-1-5(2-4-6)7(17)13-9(18)16-15-8(11)14-12/h1-4H,12H2,(H3,11,14,15)(H2,13,16,17,18). The van der Waals surface area contributed by atoms with Crippen molar-refractivity contribution in [3.63, 3.8) is 0 Å². The van der Waals surface area contributed by atoms with Crippen molar-refractivity contribution in [2.24, 2.45) is 16.7 Å². The topological polar surface area (TPSA) is 118 Å². The number of guanidine groups is 1. The first kappa shape index (κ1) is 14.0. The van der Waals surface area contributed by atoms with Crippen molar-refractivity contribution in [2.45, 2.75) is 0 Å². The van der Waals surface area contributed by atoms with Gasteiger partial charge in [-0.15, -0.1) is 5.10 Å². The second-order valence-electron chi connectivity index (χ2n) is 3.05. The number of hydrogen-bond acceptors (Lipinski definition) is 4. The van der Waals surface area contributed by atoms with Crippen molar-refractivity contribution in [1.82, 2.24) is 16.2 Å². The molecule has 0 aliphatic rings. The highest BCUT2D eigenvalue weighted by Crippen LogP contribution is 2.09. The summed E-state index contributed by atoms with van der Waals surface area (Å²) in [6.45, 7) is 0. The van der Waals surface area contributed by atoms with E-state index in [0.29, 0.717) is 10.6 Å². The average Bonchev–Trinajstić information content (AvgIpc) is 2.36. The highest BCUT2D eigenvalue weighted by atomic mass is 35.5. The number of carbonyl (C=O) groups is 1. The van der Waals surface area contributed by atoms with Crippen molar-refractivity contribution in [1.29, 1.82) is 0 Å². The minimum Gasteiger partial charge on any atom is -0.367 e. The summed E-state index contributed by atoms with van der Waals surface area (Å²) >= 11 is 10.5. The number of thiocarbonyl (C=S) groups is 1. The molecule has 0 saturated carbocycles. The van der Waals surface area contributed by atoms with Crippen LogP contribution in [0.2, 0.25) is 5.02 Å². The number of hydrogen-bond donors (Lipinski definition) is 5. The largest absolute Gasteiger partial charge is 0.367 e. The Morgan fingerprint density at radius 2 is 1.89 bits per heavy atom. The highest BCUT2D eigenvalue weighted by molar-refractivity contribution is 7.80. The van der Waals surface area contributed by atoms with Gasteiger partial charge in [-0.1, -0.05) is 11.6 Å². The molecule has 7 N–H and O–H groups in total. The third kappa shape index (κ3) is 4.44. The first-order valence-electron chi connectivity index (χ1n) is 4.69. The molecule has 0 aromatic heterocycles. The molecule has 0 spiro atoms. The molecule has 0 saturated heterocycles. The van der Waals surface area contributed by atoms with Crippen LogP contribution in [0.1, 0.15) is 10.4 Å². The fourth-order valence-electron chi connectivity index (χ4n) is 0.961. The Labute approximate surface area is 114 Å². The summed E-state index contributed by atoms with van der Waals surface area (Å²) in [4.78, 5) is 11.7. The third-order valence-electron chi connectivity index (χ3n) is 1.78. The summed E-state index contributed by atoms with van der Waals surface area (Å²) in [5, 5.41) is 6.13. The van der Waals surface area contributed by atoms with Gasteiger partial charge in [0, 0.05) is 10.6 Å². The summed E-state index contributed by atoms with van der Waals surface area (Å²) in [5.41, 5.74) is 10.5. The van der Waals surface area contributed by atoms with Crippen molar-refractivity contribution in [3.05, 3.63) is 34.9 Å². The van der Waals surface area contributed by atoms with Gasteiger partial charge >= 0.3 is 0 Å². The fraction of sp³-hybridized carbons (Fsp3) is 0. The van der Waals surface area contributed by atoms with E-state index in [4.69, 9.17) is 35.4 Å². The Balaban J connectivity index is 2.49. The second-order valence-corrected chi connectivity index (χ2v) is 3.90. The molecular formula is C9H11ClN6OS. The van der Waals surface area contributed by atoms with E-state index in [1.165, 1.54) is 0 Å². The molecular weight excluding hydrogens is 276 g/mol. The van der Waals surface area contributed by atoms with Crippen molar-refractivity contribution in [3.8, 4) is 0 Å². The SMILES string of the molecule is NN=C(N)NNC(=S)NC(=O)c1ccc(Cl)cc1. The van der Waals surface area contributed by atoms with E-state index in [9.17, 15) is 4.79 Å². The number of halogens is 1. The number of hydrazone groups is 1. The van der Waals surface area contributed by atoms with E-state index in [1.54, 1.807) is 24.3 Å². The van der Waals surface area contributed by atoms with Gasteiger partial charge in [0.05, 0.1) is 0 Å². The Bertz CT molecular complexity index is 474. The van der Waals surface area contributed by atoms with Gasteiger partial charge in [0.25, 0.3) is 5.91 Å². The molecule has 1 rings (SSSR count). The third-order valence-corrected chi connectivity index (χ3v) is 2.23. The fourth-order valence-corrected chi connectivity index (χ4v) is 1.23. The lowest BCUT2D eigenvalue weighted by molar-refractivity contribution is 0.0976. The lowest BCUT2D eigenvalue weighted by atomic mass is 10.2. The van der Waals surface area contributed by atoms with Crippen LogP contribution in [0.4, 0.5) is 0 Å². The zero-order valence-corrected chi connectivity index (χ0v) is 10.7. The van der Waals surface area contributed by atoms with E-state index in [-0.39, 0.29) is 17.0 Å². The molecule has 1 aromatic carbocycles. The Hall–Kier alpha value is -2.06. The summed E-state index contributed by atoms with van der Waals surface area (Å²) in [6, 6.07) is 6.35. The van der Waals surface area contributed by atoms with Gasteiger partial charge in [-0.2, -0.15) is 0 Å². The van der Waals surface area contributed by atoms with Crippen LogP contribution in [0.3, 0.4) is 0 Å². The molecule has 0 heterocycles. The van der Waals surface area contributed by atoms with Gasteiger partial charge in [-0.3, -0.25) is 21.0 Å². The molecule has 9 heteroatoms. The normalized spacial score (nSPS) is 10.6. The van der Waals surface area contributed by atoms with E-state index in [2.05, 4.69) is 21.3 Å². The number of nitrogens with two attached hydrogens (primary N) is 2. The summed E-state index contributed by atoms with van der Waals surface area (Å²) in [6.07, 6.45) is 0. The number of hydrazine groups is 1. The zero-order valence-electron chi connectivity index (χ0n) is 9.11. The van der Waals surface area contributed by atoms with Gasteiger partial charge in [-0.05, 0) is 36.5 Å². The van der Waals surface area contributed by atoms with Gasteiger partial charge in [-0.25, -0.2) is 0 Å². The quantitative estimate of drug-likeness (QED) is 0.158. The molecule has 0 radical (unpaired) electrons. The van der Waals surface area contributed by atoms with Crippen LogP contribution in [0, 0.1) is 0 Å². The number of benzene rings is 1. The molecule has 7 nitrogen and oxygen atoms in total. The molecule has 0 unspecified atom stereocenters. The highest BCUT2D eigenvalue weighted by Gasteiger charge is 2.07. The van der Waals surface area contributed by atoms with E-state index >= 15 is 0 Å². The number of amides is 1. The van der Waals surface area contributed by atoms with Crippen LogP contribution in [-0.4, -0.2) is 17.0 Å². The van der Waals surface area contributed by atoms with Crippen LogP contribution in [-0.2, 0) is 0 Å². The van der Waals surface area contributed by atoms with Gasteiger partial charge in [0.2, 0.25) is 5.96 Å². The molecule has 0 bridgehead atoms. The molecule has 0 atom stereocenters. The maximum Gasteiger partial charge on any atom is 0.257 e. The molecule has 0 aliphatic carbocycles. The zero-order chi connectivity index (χ0) is 13.5. The van der Waals surface area contributed by atoms with Crippen molar-refractivity contribution < 1.29 is 4.79 Å². The van der Waals surface area contributed by atoms with Gasteiger partial charge < -0.3 is 11.6 Å². The van der Waals surface area contributed by atoms with Crippen LogP contribution in [0.15, 0.2) is 29.4 Å². The van der Waals surface area contributed by atoms with Gasteiger partial charge in [0.1, 0.15) is 0 Å². The first-order valence-corrected chi connectivity index (χ1v) is 5.48. The van der Waals surface area contributed by atoms with E-state index in [0.717, 1.165) is 0 Å². The van der Waals surface area contributed by atoms with E-state index < -0.39 is 0 Å². The molecule has 18 heavy (non-hydrogen) atoms. The van der Waals surface area contributed by atoms with Crippen LogP contribution in [0.25, 0.3) is 0 Å². The number of nitrogens with zero attached hydrogens (tertiary/aromatic N) is 1. The maximum absolute atomic E-state index is 11.7. The smallest absolute Gasteiger partial charge is 0.257 e. The van der Waals surface area contributed by atoms with Crippen LogP contribution in [0.5, 0.6) is 0 Å². The Morgan fingerprint density at radius 3 is 2.44 bits per heavy atom. The summed E-state index contributed by atoms with van der Waals surface area (Å²) in [7, 11) is 0. The lowest BCUT2D eigenvalue weighted by Crippen LogP contribution is -2.51. The summed E-state index contributed by atoms with van der Waals surface area (Å²) < 4.78 is 0. The average molecular weight is 287 g/mol. The molecule has 96 valence electrons. The Morgan fingerprint density at radius 1 is 1.28 bits per heavy atom. The first-order chi connectivity index (χ1) is 8.52. The monoisotopic (exact) mass is 286 g/mol. The molecule has 1 amide bonds. The van der Waals surface area contributed by atoms with Gasteiger partial charge in [0.15, 0.2) is 5.11 Å². The number of carbonyl (C=O) groups excluding carboxylic acids is 1. The molecule has 0 aliphatic heterocycles. The predicted molar refractivity (Wildman–Crippen MR) is 73.6 cm³/mol. The number of rotatable bonds is 1. The Kier molecular flexibility index (Phi) is 5.15. The molecule has 0 fully saturated rings. The minimum atomic E-state index is -0.380. The minimum absolute atomic E-state index is 0.0292. The summed E-state index contributed by atoms with van der Waals surface area (Å²) in [5.74, 6) is 4.43. The second kappa shape index (κ2) is 6.62. The number of nitrogens with one attached hydrogen (secondary N) is 3.